The molecule has 1 aromatic carbocycles. The van der Waals surface area contributed by atoms with Gasteiger partial charge in [0.25, 0.3) is 5.91 Å². The van der Waals surface area contributed by atoms with E-state index < -0.39 is 0 Å². The maximum Gasteiger partial charge on any atom is 0.251 e. The van der Waals surface area contributed by atoms with Gasteiger partial charge in [0.1, 0.15) is 0 Å². The van der Waals surface area contributed by atoms with Crippen LogP contribution in [0, 0.1) is 6.92 Å². The highest BCUT2D eigenvalue weighted by atomic mass is 16.2. The van der Waals surface area contributed by atoms with E-state index in [4.69, 9.17) is 0 Å². The Balaban J connectivity index is 1.96. The molecule has 2 N–H and O–H groups in total. The van der Waals surface area contributed by atoms with Crippen LogP contribution >= 0.6 is 0 Å². The summed E-state index contributed by atoms with van der Waals surface area (Å²) < 4.78 is 0. The number of rotatable bonds is 2. The van der Waals surface area contributed by atoms with E-state index in [1.54, 1.807) is 12.1 Å². The molecule has 0 spiro atoms. The van der Waals surface area contributed by atoms with Crippen molar-refractivity contribution in [2.75, 3.05) is 6.54 Å². The molecular formula is C13H16N2O2. The summed E-state index contributed by atoms with van der Waals surface area (Å²) >= 11 is 0. The van der Waals surface area contributed by atoms with Crippen molar-refractivity contribution in [2.45, 2.75) is 25.8 Å². The number of amides is 2. The van der Waals surface area contributed by atoms with Gasteiger partial charge in [0.2, 0.25) is 5.91 Å². The van der Waals surface area contributed by atoms with Crippen molar-refractivity contribution in [1.82, 2.24) is 10.6 Å². The van der Waals surface area contributed by atoms with Gasteiger partial charge in [-0.2, -0.15) is 0 Å². The molecule has 2 rings (SSSR count). The normalized spacial score (nSPS) is 19.6. The van der Waals surface area contributed by atoms with Gasteiger partial charge in [0, 0.05) is 24.6 Å². The first-order chi connectivity index (χ1) is 8.15. The summed E-state index contributed by atoms with van der Waals surface area (Å²) in [6.45, 7) is 2.62. The predicted octanol–water partition coefficient (Wildman–Crippen LogP) is 1.00. The molecule has 4 nitrogen and oxygen atoms in total. The van der Waals surface area contributed by atoms with Gasteiger partial charge in [-0.15, -0.1) is 0 Å². The van der Waals surface area contributed by atoms with Gasteiger partial charge >= 0.3 is 0 Å². The number of nitrogens with one attached hydrogen (secondary N) is 2. The lowest BCUT2D eigenvalue weighted by Crippen LogP contribution is -2.45. The SMILES string of the molecule is Cc1ccc(C(=O)NC2CCNC(=O)C2)cc1. The molecule has 1 fully saturated rings. The van der Waals surface area contributed by atoms with Crippen LogP contribution in [-0.4, -0.2) is 24.4 Å². The minimum Gasteiger partial charge on any atom is -0.356 e. The molecule has 0 aliphatic carbocycles. The van der Waals surface area contributed by atoms with Crippen LogP contribution < -0.4 is 10.6 Å². The van der Waals surface area contributed by atoms with Crippen molar-refractivity contribution in [2.24, 2.45) is 0 Å². The second-order valence-corrected chi connectivity index (χ2v) is 4.38. The fraction of sp³-hybridized carbons (Fsp3) is 0.385. The Morgan fingerprint density at radius 2 is 2.06 bits per heavy atom. The average molecular weight is 232 g/mol. The summed E-state index contributed by atoms with van der Waals surface area (Å²) in [7, 11) is 0. The smallest absolute Gasteiger partial charge is 0.251 e. The van der Waals surface area contributed by atoms with Crippen molar-refractivity contribution in [3.63, 3.8) is 0 Å². The van der Waals surface area contributed by atoms with Gasteiger partial charge in [0.15, 0.2) is 0 Å². The van der Waals surface area contributed by atoms with Crippen LogP contribution in [0.25, 0.3) is 0 Å². The number of aryl methyl sites for hydroxylation is 1. The van der Waals surface area contributed by atoms with Crippen molar-refractivity contribution in [3.05, 3.63) is 35.4 Å². The minimum absolute atomic E-state index is 0.00505. The summed E-state index contributed by atoms with van der Waals surface area (Å²) in [5.74, 6) is -0.102. The molecule has 17 heavy (non-hydrogen) atoms. The lowest BCUT2D eigenvalue weighted by molar-refractivity contribution is -0.122. The van der Waals surface area contributed by atoms with E-state index in [1.165, 1.54) is 0 Å². The van der Waals surface area contributed by atoms with Crippen LogP contribution in [0.5, 0.6) is 0 Å². The maximum absolute atomic E-state index is 11.9. The maximum atomic E-state index is 11.9. The number of hydrogen-bond donors (Lipinski definition) is 2. The van der Waals surface area contributed by atoms with Crippen molar-refractivity contribution in [1.29, 1.82) is 0 Å². The summed E-state index contributed by atoms with van der Waals surface area (Å²) in [5.41, 5.74) is 1.76. The number of hydrogen-bond acceptors (Lipinski definition) is 2. The Kier molecular flexibility index (Phi) is 3.42. The van der Waals surface area contributed by atoms with Gasteiger partial charge in [-0.1, -0.05) is 17.7 Å². The highest BCUT2D eigenvalue weighted by molar-refractivity contribution is 5.94. The molecule has 4 heteroatoms. The highest BCUT2D eigenvalue weighted by Gasteiger charge is 2.20. The Morgan fingerprint density at radius 3 is 2.71 bits per heavy atom. The second kappa shape index (κ2) is 4.99. The minimum atomic E-state index is -0.107. The molecule has 2 amide bonds. The fourth-order valence-corrected chi connectivity index (χ4v) is 1.88. The first kappa shape index (κ1) is 11.6. The van der Waals surface area contributed by atoms with Gasteiger partial charge in [0.05, 0.1) is 0 Å². The molecule has 1 aromatic rings. The Hall–Kier alpha value is -1.84. The summed E-state index contributed by atoms with van der Waals surface area (Å²) in [6.07, 6.45) is 1.17. The first-order valence-electron chi connectivity index (χ1n) is 5.79. The molecule has 1 aliphatic heterocycles. The molecule has 90 valence electrons. The molecule has 1 atom stereocenters. The van der Waals surface area contributed by atoms with E-state index in [2.05, 4.69) is 10.6 Å². The van der Waals surface area contributed by atoms with E-state index in [-0.39, 0.29) is 17.9 Å². The van der Waals surface area contributed by atoms with E-state index >= 15 is 0 Å². The van der Waals surface area contributed by atoms with Gasteiger partial charge < -0.3 is 10.6 Å². The third-order valence-electron chi connectivity index (χ3n) is 2.90. The van der Waals surface area contributed by atoms with E-state index in [1.807, 2.05) is 19.1 Å². The third-order valence-corrected chi connectivity index (χ3v) is 2.90. The standard InChI is InChI=1S/C13H16N2O2/c1-9-2-4-10(5-3-9)13(17)15-11-6-7-14-12(16)8-11/h2-5,11H,6-8H2,1H3,(H,14,16)(H,15,17). The third kappa shape index (κ3) is 3.06. The molecule has 0 aromatic heterocycles. The number of benzene rings is 1. The summed E-state index contributed by atoms with van der Waals surface area (Å²) in [6, 6.07) is 7.36. The van der Waals surface area contributed by atoms with Crippen molar-refractivity contribution < 1.29 is 9.59 Å². The second-order valence-electron chi connectivity index (χ2n) is 4.38. The average Bonchev–Trinajstić information content (AvgIpc) is 2.29. The van der Waals surface area contributed by atoms with Crippen LogP contribution in [-0.2, 0) is 4.79 Å². The van der Waals surface area contributed by atoms with Gasteiger partial charge in [-0.25, -0.2) is 0 Å². The highest BCUT2D eigenvalue weighted by Crippen LogP contribution is 2.07. The predicted molar refractivity (Wildman–Crippen MR) is 64.7 cm³/mol. The molecule has 1 heterocycles. The van der Waals surface area contributed by atoms with E-state index in [9.17, 15) is 9.59 Å². The Bertz CT molecular complexity index is 426. The topological polar surface area (TPSA) is 58.2 Å². The summed E-state index contributed by atoms with van der Waals surface area (Å²) in [5, 5.41) is 5.63. The monoisotopic (exact) mass is 232 g/mol. The van der Waals surface area contributed by atoms with Crippen molar-refractivity contribution in [3.8, 4) is 0 Å². The zero-order valence-electron chi connectivity index (χ0n) is 9.82. The molecule has 0 saturated carbocycles. The zero-order chi connectivity index (χ0) is 12.3. The van der Waals surface area contributed by atoms with Crippen LogP contribution in [0.2, 0.25) is 0 Å². The van der Waals surface area contributed by atoms with Crippen LogP contribution in [0.4, 0.5) is 0 Å². The van der Waals surface area contributed by atoms with E-state index in [0.717, 1.165) is 12.0 Å². The van der Waals surface area contributed by atoms with Crippen LogP contribution in [0.15, 0.2) is 24.3 Å². The largest absolute Gasteiger partial charge is 0.356 e. The Morgan fingerprint density at radius 1 is 1.35 bits per heavy atom. The molecule has 1 saturated heterocycles. The lowest BCUT2D eigenvalue weighted by Gasteiger charge is -2.23. The molecule has 0 bridgehead atoms. The molecular weight excluding hydrogens is 216 g/mol. The quantitative estimate of drug-likeness (QED) is 0.799. The zero-order valence-corrected chi connectivity index (χ0v) is 9.82. The summed E-state index contributed by atoms with van der Waals surface area (Å²) in [4.78, 5) is 23.1. The number of carbonyl (C=O) groups excluding carboxylic acids is 2. The first-order valence-corrected chi connectivity index (χ1v) is 5.79. The number of piperidine rings is 1. The van der Waals surface area contributed by atoms with Crippen LogP contribution in [0.1, 0.15) is 28.8 Å². The van der Waals surface area contributed by atoms with E-state index in [0.29, 0.717) is 18.5 Å². The molecule has 1 unspecified atom stereocenters. The number of carbonyl (C=O) groups is 2. The van der Waals surface area contributed by atoms with Gasteiger partial charge in [-0.05, 0) is 25.5 Å². The van der Waals surface area contributed by atoms with Crippen molar-refractivity contribution >= 4 is 11.8 Å². The van der Waals surface area contributed by atoms with Gasteiger partial charge in [-0.3, -0.25) is 9.59 Å². The fourth-order valence-electron chi connectivity index (χ4n) is 1.88. The molecule has 0 radical (unpaired) electrons. The lowest BCUT2D eigenvalue weighted by atomic mass is 10.1. The Labute approximate surface area is 100 Å². The molecule has 1 aliphatic rings. The van der Waals surface area contributed by atoms with Crippen LogP contribution in [0.3, 0.4) is 0 Å².